The molecular formula is C22H18BrNO4. The van der Waals surface area contributed by atoms with E-state index in [9.17, 15) is 9.90 Å². The molecule has 0 atom stereocenters. The molecule has 0 spiro atoms. The zero-order valence-electron chi connectivity index (χ0n) is 15.1. The largest absolute Gasteiger partial charge is 0.506 e. The molecule has 0 saturated carbocycles. The highest BCUT2D eigenvalue weighted by Gasteiger charge is 2.29. The number of aromatic hydroxyl groups is 1. The average Bonchev–Trinajstić information content (AvgIpc) is 3.03. The van der Waals surface area contributed by atoms with Crippen molar-refractivity contribution in [1.82, 2.24) is 0 Å². The van der Waals surface area contributed by atoms with E-state index in [1.165, 1.54) is 24.3 Å². The van der Waals surface area contributed by atoms with Gasteiger partial charge >= 0.3 is 6.09 Å². The quantitative estimate of drug-likeness (QED) is 0.524. The van der Waals surface area contributed by atoms with Crippen molar-refractivity contribution in [2.45, 2.75) is 5.92 Å². The van der Waals surface area contributed by atoms with E-state index in [2.05, 4.69) is 45.5 Å². The van der Waals surface area contributed by atoms with Crippen LogP contribution in [0, 0.1) is 0 Å². The lowest BCUT2D eigenvalue weighted by atomic mass is 9.98. The molecule has 1 aliphatic carbocycles. The normalized spacial score (nSPS) is 12.2. The minimum atomic E-state index is -0.630. The SMILES string of the molecule is COc1cc(O)c(NC(=O)OCC2c3ccccc3-c3ccccc32)cc1Br. The Hall–Kier alpha value is -2.99. The number of carbonyl (C=O) groups excluding carboxylic acids is 1. The first-order valence-electron chi connectivity index (χ1n) is 8.77. The Balaban J connectivity index is 1.49. The Labute approximate surface area is 171 Å². The molecule has 2 N–H and O–H groups in total. The second-order valence-electron chi connectivity index (χ2n) is 6.45. The lowest BCUT2D eigenvalue weighted by molar-refractivity contribution is 0.158. The number of phenols is 1. The van der Waals surface area contributed by atoms with Gasteiger partial charge in [-0.05, 0) is 44.3 Å². The Bertz CT molecular complexity index is 1000. The lowest BCUT2D eigenvalue weighted by Gasteiger charge is -2.15. The third-order valence-electron chi connectivity index (χ3n) is 4.85. The number of amides is 1. The molecule has 0 saturated heterocycles. The third kappa shape index (κ3) is 3.31. The molecule has 0 heterocycles. The first-order chi connectivity index (χ1) is 13.6. The summed E-state index contributed by atoms with van der Waals surface area (Å²) in [6.45, 7) is 0.206. The van der Waals surface area contributed by atoms with Crippen molar-refractivity contribution in [2.24, 2.45) is 0 Å². The molecule has 0 radical (unpaired) electrons. The van der Waals surface area contributed by atoms with Crippen LogP contribution in [-0.4, -0.2) is 24.9 Å². The Kier molecular flexibility index (Phi) is 4.96. The van der Waals surface area contributed by atoms with Gasteiger partial charge in [0.15, 0.2) is 0 Å². The average molecular weight is 440 g/mol. The van der Waals surface area contributed by atoms with E-state index in [-0.39, 0.29) is 24.0 Å². The Morgan fingerprint density at radius 1 is 1.07 bits per heavy atom. The zero-order valence-corrected chi connectivity index (χ0v) is 16.7. The number of halogens is 1. The van der Waals surface area contributed by atoms with E-state index in [0.717, 1.165) is 11.1 Å². The number of hydrogen-bond acceptors (Lipinski definition) is 4. The van der Waals surface area contributed by atoms with Crippen LogP contribution in [-0.2, 0) is 4.74 Å². The third-order valence-corrected chi connectivity index (χ3v) is 5.47. The maximum absolute atomic E-state index is 12.3. The van der Waals surface area contributed by atoms with Crippen LogP contribution < -0.4 is 10.1 Å². The fourth-order valence-corrected chi connectivity index (χ4v) is 4.05. The summed E-state index contributed by atoms with van der Waals surface area (Å²) in [5.41, 5.74) is 4.87. The molecule has 1 amide bonds. The molecule has 142 valence electrons. The lowest BCUT2D eigenvalue weighted by Crippen LogP contribution is -2.18. The van der Waals surface area contributed by atoms with Crippen LogP contribution in [0.25, 0.3) is 11.1 Å². The summed E-state index contributed by atoms with van der Waals surface area (Å²) in [4.78, 5) is 12.3. The van der Waals surface area contributed by atoms with Gasteiger partial charge in [0.05, 0.1) is 17.3 Å². The van der Waals surface area contributed by atoms with Crippen molar-refractivity contribution in [3.8, 4) is 22.6 Å². The predicted molar refractivity (Wildman–Crippen MR) is 111 cm³/mol. The molecule has 1 aliphatic rings. The van der Waals surface area contributed by atoms with Crippen molar-refractivity contribution < 1.29 is 19.4 Å². The van der Waals surface area contributed by atoms with Crippen LogP contribution in [0.4, 0.5) is 10.5 Å². The number of rotatable bonds is 4. The summed E-state index contributed by atoms with van der Waals surface area (Å²) in [5, 5.41) is 12.6. The molecule has 28 heavy (non-hydrogen) atoms. The monoisotopic (exact) mass is 439 g/mol. The first kappa shape index (κ1) is 18.4. The zero-order chi connectivity index (χ0) is 19.7. The van der Waals surface area contributed by atoms with Crippen LogP contribution in [0.1, 0.15) is 17.0 Å². The van der Waals surface area contributed by atoms with Gasteiger partial charge in [0.25, 0.3) is 0 Å². The van der Waals surface area contributed by atoms with E-state index in [1.54, 1.807) is 6.07 Å². The highest BCUT2D eigenvalue weighted by Crippen LogP contribution is 2.44. The second-order valence-corrected chi connectivity index (χ2v) is 7.31. The molecule has 5 nitrogen and oxygen atoms in total. The molecule has 0 unspecified atom stereocenters. The van der Waals surface area contributed by atoms with E-state index in [1.807, 2.05) is 24.3 Å². The van der Waals surface area contributed by atoms with Crippen LogP contribution in [0.5, 0.6) is 11.5 Å². The van der Waals surface area contributed by atoms with Crippen LogP contribution >= 0.6 is 15.9 Å². The molecule has 0 aliphatic heterocycles. The number of nitrogens with one attached hydrogen (secondary N) is 1. The molecule has 0 bridgehead atoms. The van der Waals surface area contributed by atoms with Crippen molar-refractivity contribution >= 4 is 27.7 Å². The number of benzene rings is 3. The fraction of sp³-hybridized carbons (Fsp3) is 0.136. The van der Waals surface area contributed by atoms with Crippen molar-refractivity contribution in [2.75, 3.05) is 19.0 Å². The number of fused-ring (bicyclic) bond motifs is 3. The Morgan fingerprint density at radius 3 is 2.29 bits per heavy atom. The maximum Gasteiger partial charge on any atom is 0.411 e. The molecule has 3 aromatic carbocycles. The molecule has 4 rings (SSSR count). The molecule has 6 heteroatoms. The summed E-state index contributed by atoms with van der Waals surface area (Å²) in [5.74, 6) is 0.346. The summed E-state index contributed by atoms with van der Waals surface area (Å²) in [7, 11) is 1.50. The van der Waals surface area contributed by atoms with Gasteiger partial charge in [-0.2, -0.15) is 0 Å². The molecule has 0 aromatic heterocycles. The highest BCUT2D eigenvalue weighted by molar-refractivity contribution is 9.10. The van der Waals surface area contributed by atoms with E-state index in [4.69, 9.17) is 9.47 Å². The van der Waals surface area contributed by atoms with Crippen LogP contribution in [0.3, 0.4) is 0 Å². The topological polar surface area (TPSA) is 67.8 Å². The Morgan fingerprint density at radius 2 is 1.68 bits per heavy atom. The smallest absolute Gasteiger partial charge is 0.411 e. The summed E-state index contributed by atoms with van der Waals surface area (Å²) in [6, 6.07) is 19.3. The van der Waals surface area contributed by atoms with E-state index >= 15 is 0 Å². The van der Waals surface area contributed by atoms with E-state index in [0.29, 0.717) is 10.2 Å². The van der Waals surface area contributed by atoms with Crippen molar-refractivity contribution in [3.63, 3.8) is 0 Å². The number of phenolic OH excluding ortho intramolecular Hbond substituents is 1. The standard InChI is InChI=1S/C22H18BrNO4/c1-27-21-11-20(25)19(10-18(21)23)24-22(26)28-12-17-15-8-4-2-6-13(15)14-7-3-5-9-16(14)17/h2-11,17,25H,12H2,1H3,(H,24,26). The number of ether oxygens (including phenoxy) is 2. The fourth-order valence-electron chi connectivity index (χ4n) is 3.54. The van der Waals surface area contributed by atoms with Crippen molar-refractivity contribution in [3.05, 3.63) is 76.3 Å². The van der Waals surface area contributed by atoms with Crippen molar-refractivity contribution in [1.29, 1.82) is 0 Å². The van der Waals surface area contributed by atoms with Gasteiger partial charge in [-0.1, -0.05) is 48.5 Å². The van der Waals surface area contributed by atoms with Crippen LogP contribution in [0.15, 0.2) is 65.1 Å². The number of carbonyl (C=O) groups is 1. The van der Waals surface area contributed by atoms with Gasteiger partial charge < -0.3 is 14.6 Å². The van der Waals surface area contributed by atoms with E-state index < -0.39 is 6.09 Å². The first-order valence-corrected chi connectivity index (χ1v) is 9.56. The van der Waals surface area contributed by atoms with Crippen LogP contribution in [0.2, 0.25) is 0 Å². The number of anilines is 1. The number of hydrogen-bond donors (Lipinski definition) is 2. The van der Waals surface area contributed by atoms with Gasteiger partial charge in [-0.15, -0.1) is 0 Å². The summed E-state index contributed by atoms with van der Waals surface area (Å²) in [6.07, 6.45) is -0.630. The van der Waals surface area contributed by atoms with Gasteiger partial charge in [-0.25, -0.2) is 4.79 Å². The van der Waals surface area contributed by atoms with Gasteiger partial charge in [0.2, 0.25) is 0 Å². The van der Waals surface area contributed by atoms with Gasteiger partial charge in [-0.3, -0.25) is 5.32 Å². The minimum absolute atomic E-state index is 0.0191. The minimum Gasteiger partial charge on any atom is -0.506 e. The molecular weight excluding hydrogens is 422 g/mol. The summed E-state index contributed by atoms with van der Waals surface area (Å²) >= 11 is 3.33. The maximum atomic E-state index is 12.3. The highest BCUT2D eigenvalue weighted by atomic mass is 79.9. The predicted octanol–water partition coefficient (Wildman–Crippen LogP) is 5.52. The number of methoxy groups -OCH3 is 1. The second kappa shape index (κ2) is 7.56. The molecule has 0 fully saturated rings. The van der Waals surface area contributed by atoms with Gasteiger partial charge in [0.1, 0.15) is 18.1 Å². The summed E-state index contributed by atoms with van der Waals surface area (Å²) < 4.78 is 11.2. The van der Waals surface area contributed by atoms with Gasteiger partial charge in [0, 0.05) is 12.0 Å². The molecule has 3 aromatic rings.